The highest BCUT2D eigenvalue weighted by Gasteiger charge is 2.12. The number of carbonyl (C=O) groups is 1. The number of hydrogen-bond donors (Lipinski definition) is 1. The van der Waals surface area contributed by atoms with Crippen LogP contribution >= 0.6 is 46.4 Å². The first-order chi connectivity index (χ1) is 9.90. The van der Waals surface area contributed by atoms with Crippen molar-refractivity contribution in [2.24, 2.45) is 0 Å². The predicted molar refractivity (Wildman–Crippen MR) is 88.6 cm³/mol. The smallest absolute Gasteiger partial charge is 0.328 e. The van der Waals surface area contributed by atoms with Gasteiger partial charge in [0.15, 0.2) is 0 Å². The van der Waals surface area contributed by atoms with E-state index in [0.29, 0.717) is 31.8 Å². The zero-order valence-corrected chi connectivity index (χ0v) is 13.4. The molecule has 1 N–H and O–H groups in total. The Balaban J connectivity index is 2.66. The summed E-state index contributed by atoms with van der Waals surface area (Å²) in [6, 6.07) is 8.44. The van der Waals surface area contributed by atoms with Crippen molar-refractivity contribution < 1.29 is 9.90 Å². The van der Waals surface area contributed by atoms with Crippen molar-refractivity contribution in [1.82, 2.24) is 0 Å². The van der Waals surface area contributed by atoms with Crippen LogP contribution in [0.3, 0.4) is 0 Å². The molecule has 0 radical (unpaired) electrons. The van der Waals surface area contributed by atoms with Crippen LogP contribution in [-0.2, 0) is 4.79 Å². The maximum atomic E-state index is 10.7. The Morgan fingerprint density at radius 1 is 1.00 bits per heavy atom. The maximum Gasteiger partial charge on any atom is 0.328 e. The first-order valence-corrected chi connectivity index (χ1v) is 7.25. The second kappa shape index (κ2) is 6.71. The van der Waals surface area contributed by atoms with E-state index in [1.165, 1.54) is 6.08 Å². The molecule has 0 fully saturated rings. The van der Waals surface area contributed by atoms with E-state index in [1.54, 1.807) is 30.3 Å². The van der Waals surface area contributed by atoms with Crippen LogP contribution in [0.5, 0.6) is 0 Å². The van der Waals surface area contributed by atoms with Gasteiger partial charge in [-0.1, -0.05) is 58.5 Å². The minimum absolute atomic E-state index is 0.261. The zero-order valence-electron chi connectivity index (χ0n) is 10.4. The summed E-state index contributed by atoms with van der Waals surface area (Å²) in [6.07, 6.45) is 2.49. The molecule has 0 saturated carbocycles. The Hall–Kier alpha value is -1.19. The lowest BCUT2D eigenvalue weighted by molar-refractivity contribution is -0.131. The van der Waals surface area contributed by atoms with Gasteiger partial charge in [-0.2, -0.15) is 0 Å². The number of aliphatic carboxylic acids is 1. The Bertz CT molecular complexity index is 715. The van der Waals surface area contributed by atoms with Crippen molar-refractivity contribution in [2.75, 3.05) is 0 Å². The summed E-state index contributed by atoms with van der Waals surface area (Å²) in [6.45, 7) is 0. The molecule has 0 aromatic heterocycles. The van der Waals surface area contributed by atoms with Crippen molar-refractivity contribution in [3.05, 3.63) is 62.1 Å². The number of halogens is 4. The molecule has 2 aromatic carbocycles. The van der Waals surface area contributed by atoms with E-state index in [0.717, 1.165) is 6.08 Å². The highest BCUT2D eigenvalue weighted by molar-refractivity contribution is 6.48. The minimum Gasteiger partial charge on any atom is -0.478 e. The fraction of sp³-hybridized carbons (Fsp3) is 0. The van der Waals surface area contributed by atoms with E-state index < -0.39 is 5.97 Å². The second-order valence-corrected chi connectivity index (χ2v) is 5.73. The van der Waals surface area contributed by atoms with Gasteiger partial charge in [0.1, 0.15) is 0 Å². The van der Waals surface area contributed by atoms with Gasteiger partial charge >= 0.3 is 5.97 Å². The third-order valence-corrected chi connectivity index (χ3v) is 4.24. The molecule has 0 bridgehead atoms. The topological polar surface area (TPSA) is 37.3 Å². The van der Waals surface area contributed by atoms with Gasteiger partial charge in [-0.15, -0.1) is 0 Å². The third-order valence-electron chi connectivity index (χ3n) is 2.72. The lowest BCUT2D eigenvalue weighted by atomic mass is 9.99. The molecule has 2 aromatic rings. The van der Waals surface area contributed by atoms with E-state index >= 15 is 0 Å². The molecule has 0 aliphatic heterocycles. The first kappa shape index (κ1) is 16.2. The van der Waals surface area contributed by atoms with Crippen molar-refractivity contribution in [2.45, 2.75) is 0 Å². The van der Waals surface area contributed by atoms with Crippen molar-refractivity contribution in [3.63, 3.8) is 0 Å². The molecule has 0 aliphatic carbocycles. The summed E-state index contributed by atoms with van der Waals surface area (Å²) < 4.78 is 0. The van der Waals surface area contributed by atoms with Gasteiger partial charge in [-0.25, -0.2) is 4.79 Å². The highest BCUT2D eigenvalue weighted by Crippen LogP contribution is 2.39. The van der Waals surface area contributed by atoms with Crippen molar-refractivity contribution in [1.29, 1.82) is 0 Å². The van der Waals surface area contributed by atoms with Crippen LogP contribution in [0, 0.1) is 0 Å². The molecule has 0 aliphatic rings. The molecule has 0 atom stereocenters. The Morgan fingerprint density at radius 3 is 2.19 bits per heavy atom. The molecule has 0 heterocycles. The lowest BCUT2D eigenvalue weighted by Crippen LogP contribution is -1.89. The number of rotatable bonds is 3. The normalized spacial score (nSPS) is 11.0. The molecular formula is C15H8Cl4O2. The Labute approximate surface area is 141 Å². The summed E-state index contributed by atoms with van der Waals surface area (Å²) in [5.41, 5.74) is 1.93. The number of carboxylic acids is 1. The predicted octanol–water partition coefficient (Wildman–Crippen LogP) is 6.07. The monoisotopic (exact) mass is 360 g/mol. The van der Waals surface area contributed by atoms with Crippen LogP contribution in [0.15, 0.2) is 36.4 Å². The van der Waals surface area contributed by atoms with Gasteiger partial charge in [-0.3, -0.25) is 0 Å². The van der Waals surface area contributed by atoms with Crippen LogP contribution in [0.1, 0.15) is 5.56 Å². The summed E-state index contributed by atoms with van der Waals surface area (Å²) in [7, 11) is 0. The Morgan fingerprint density at radius 2 is 1.62 bits per heavy atom. The number of hydrogen-bond acceptors (Lipinski definition) is 1. The standard InChI is InChI=1S/C15H8Cl4O2/c16-10-3-1-2-8(4-5-13(20)21)14(10)9-6-11(17)15(19)12(18)7-9/h1-7H,(H,20,21)/b5-4+. The minimum atomic E-state index is -1.05. The van der Waals surface area contributed by atoms with Gasteiger partial charge < -0.3 is 5.11 Å². The number of carboxylic acid groups (broad SMARTS) is 1. The van der Waals surface area contributed by atoms with Gasteiger partial charge in [0.05, 0.1) is 15.1 Å². The van der Waals surface area contributed by atoms with E-state index in [4.69, 9.17) is 51.5 Å². The average molecular weight is 362 g/mol. The van der Waals surface area contributed by atoms with Crippen LogP contribution in [0.25, 0.3) is 17.2 Å². The van der Waals surface area contributed by atoms with Gasteiger partial charge in [0, 0.05) is 16.7 Å². The maximum absolute atomic E-state index is 10.7. The quantitative estimate of drug-likeness (QED) is 0.532. The van der Waals surface area contributed by atoms with Crippen molar-refractivity contribution in [3.8, 4) is 11.1 Å². The van der Waals surface area contributed by atoms with Crippen LogP contribution in [0.2, 0.25) is 20.1 Å². The zero-order chi connectivity index (χ0) is 15.6. The molecule has 2 nitrogen and oxygen atoms in total. The van der Waals surface area contributed by atoms with Gasteiger partial charge in [0.2, 0.25) is 0 Å². The molecule has 21 heavy (non-hydrogen) atoms. The number of benzene rings is 2. The van der Waals surface area contributed by atoms with Gasteiger partial charge in [0.25, 0.3) is 0 Å². The summed E-state index contributed by atoms with van der Waals surface area (Å²) in [5, 5.41) is 10.1. The summed E-state index contributed by atoms with van der Waals surface area (Å²) in [5.74, 6) is -1.05. The molecule has 2 rings (SSSR count). The van der Waals surface area contributed by atoms with Gasteiger partial charge in [-0.05, 0) is 35.4 Å². The van der Waals surface area contributed by atoms with E-state index in [-0.39, 0.29) is 5.02 Å². The SMILES string of the molecule is O=C(O)/C=C/c1cccc(Cl)c1-c1cc(Cl)c(Cl)c(Cl)c1. The van der Waals surface area contributed by atoms with E-state index in [1.807, 2.05) is 0 Å². The molecule has 0 spiro atoms. The molecule has 0 amide bonds. The molecule has 108 valence electrons. The molecule has 0 saturated heterocycles. The molecular weight excluding hydrogens is 354 g/mol. The van der Waals surface area contributed by atoms with Crippen molar-refractivity contribution >= 4 is 58.4 Å². The molecule has 0 unspecified atom stereocenters. The Kier molecular flexibility index (Phi) is 5.17. The summed E-state index contributed by atoms with van der Waals surface area (Å²) >= 11 is 24.2. The van der Waals surface area contributed by atoms with Crippen LogP contribution < -0.4 is 0 Å². The lowest BCUT2D eigenvalue weighted by Gasteiger charge is -2.11. The largest absolute Gasteiger partial charge is 0.478 e. The molecule has 6 heteroatoms. The first-order valence-electron chi connectivity index (χ1n) is 5.74. The fourth-order valence-corrected chi connectivity index (χ4v) is 2.73. The van der Waals surface area contributed by atoms with Crippen LogP contribution in [-0.4, -0.2) is 11.1 Å². The second-order valence-electron chi connectivity index (χ2n) is 4.13. The third kappa shape index (κ3) is 3.72. The average Bonchev–Trinajstić information content (AvgIpc) is 2.42. The van der Waals surface area contributed by atoms with E-state index in [2.05, 4.69) is 0 Å². The van der Waals surface area contributed by atoms with E-state index in [9.17, 15) is 4.79 Å². The highest BCUT2D eigenvalue weighted by atomic mass is 35.5. The van der Waals surface area contributed by atoms with Crippen LogP contribution in [0.4, 0.5) is 0 Å². The fourth-order valence-electron chi connectivity index (χ4n) is 1.85. The summed E-state index contributed by atoms with van der Waals surface area (Å²) in [4.78, 5) is 10.7.